The van der Waals surface area contributed by atoms with E-state index in [1.807, 2.05) is 18.7 Å². The fraction of sp³-hybridized carbons (Fsp3) is 0.400. The summed E-state index contributed by atoms with van der Waals surface area (Å²) in [6.07, 6.45) is 5.70. The minimum atomic E-state index is 0. The second-order valence-corrected chi connectivity index (χ2v) is 5.06. The molecule has 0 aliphatic rings. The number of imidazole rings is 1. The summed E-state index contributed by atoms with van der Waals surface area (Å²) in [5, 5.41) is 0. The third-order valence-corrected chi connectivity index (χ3v) is 3.10. The fourth-order valence-corrected chi connectivity index (χ4v) is 2.33. The highest BCUT2D eigenvalue weighted by molar-refractivity contribution is 5.85. The second-order valence-electron chi connectivity index (χ2n) is 5.06. The molecule has 1 aromatic carbocycles. The average molecular weight is 265 g/mol. The van der Waals surface area contributed by atoms with Crippen LogP contribution in [0.25, 0.3) is 5.69 Å². The van der Waals surface area contributed by atoms with Crippen molar-refractivity contribution in [1.82, 2.24) is 9.55 Å². The van der Waals surface area contributed by atoms with E-state index in [9.17, 15) is 0 Å². The van der Waals surface area contributed by atoms with Gasteiger partial charge in [-0.3, -0.25) is 0 Å². The Kier molecular flexibility index (Phi) is 4.97. The zero-order valence-electron chi connectivity index (χ0n) is 11.4. The lowest BCUT2D eigenvalue weighted by molar-refractivity contribution is 0.778. The van der Waals surface area contributed by atoms with Gasteiger partial charge in [-0.1, -0.05) is 39.8 Å². The molecule has 0 saturated carbocycles. The predicted molar refractivity (Wildman–Crippen MR) is 79.0 cm³/mol. The van der Waals surface area contributed by atoms with Crippen LogP contribution in [0.4, 0.5) is 0 Å². The first kappa shape index (κ1) is 14.8. The maximum Gasteiger partial charge on any atom is 0.0991 e. The monoisotopic (exact) mass is 264 g/mol. The Hall–Kier alpha value is -1.28. The molecule has 0 aliphatic carbocycles. The Morgan fingerprint density at radius 2 is 1.78 bits per heavy atom. The minimum absolute atomic E-state index is 0. The Labute approximate surface area is 115 Å². The summed E-state index contributed by atoms with van der Waals surface area (Å²) >= 11 is 0. The Balaban J connectivity index is 0.00000162. The largest absolute Gasteiger partial charge is 0.306 e. The van der Waals surface area contributed by atoms with Gasteiger partial charge < -0.3 is 4.57 Å². The maximum absolute atomic E-state index is 4.14. The lowest BCUT2D eigenvalue weighted by Gasteiger charge is -2.20. The lowest BCUT2D eigenvalue weighted by Crippen LogP contribution is -2.05. The fourth-order valence-electron chi connectivity index (χ4n) is 2.33. The van der Waals surface area contributed by atoms with Crippen LogP contribution in [0, 0.1) is 0 Å². The molecule has 0 spiro atoms. The van der Waals surface area contributed by atoms with E-state index in [0.717, 1.165) is 0 Å². The number of hydrogen-bond acceptors (Lipinski definition) is 1. The average Bonchev–Trinajstić information content (AvgIpc) is 2.81. The zero-order valence-corrected chi connectivity index (χ0v) is 12.2. The van der Waals surface area contributed by atoms with Crippen LogP contribution in [0.1, 0.15) is 50.7 Å². The highest BCUT2D eigenvalue weighted by Crippen LogP contribution is 2.31. The van der Waals surface area contributed by atoms with E-state index in [4.69, 9.17) is 0 Å². The first-order chi connectivity index (χ1) is 8.11. The highest BCUT2D eigenvalue weighted by Gasteiger charge is 2.14. The van der Waals surface area contributed by atoms with Gasteiger partial charge in [0.2, 0.25) is 0 Å². The van der Waals surface area contributed by atoms with E-state index in [0.29, 0.717) is 11.8 Å². The molecule has 0 radical (unpaired) electrons. The van der Waals surface area contributed by atoms with Crippen molar-refractivity contribution in [2.45, 2.75) is 39.5 Å². The van der Waals surface area contributed by atoms with Gasteiger partial charge in [-0.2, -0.15) is 0 Å². The van der Waals surface area contributed by atoms with Gasteiger partial charge in [-0.25, -0.2) is 4.98 Å². The molecule has 0 bridgehead atoms. The quantitative estimate of drug-likeness (QED) is 0.796. The summed E-state index contributed by atoms with van der Waals surface area (Å²) in [7, 11) is 0. The molecule has 1 aromatic heterocycles. The maximum atomic E-state index is 4.14. The summed E-state index contributed by atoms with van der Waals surface area (Å²) in [5.41, 5.74) is 4.12. The summed E-state index contributed by atoms with van der Waals surface area (Å²) < 4.78 is 2.10. The Morgan fingerprint density at radius 1 is 1.06 bits per heavy atom. The number of benzene rings is 1. The molecular formula is C15H21ClN2. The summed E-state index contributed by atoms with van der Waals surface area (Å²) in [4.78, 5) is 4.14. The first-order valence-electron chi connectivity index (χ1n) is 6.22. The van der Waals surface area contributed by atoms with Gasteiger partial charge in [-0.05, 0) is 29.0 Å². The van der Waals surface area contributed by atoms with Crippen LogP contribution < -0.4 is 0 Å². The number of halogens is 1. The molecular weight excluding hydrogens is 244 g/mol. The summed E-state index contributed by atoms with van der Waals surface area (Å²) in [6.45, 7) is 9.00. The van der Waals surface area contributed by atoms with Gasteiger partial charge >= 0.3 is 0 Å². The van der Waals surface area contributed by atoms with Gasteiger partial charge in [0.1, 0.15) is 0 Å². The van der Waals surface area contributed by atoms with Crippen LogP contribution >= 0.6 is 12.4 Å². The normalized spacial score (nSPS) is 10.8. The van der Waals surface area contributed by atoms with Crippen LogP contribution in [0.2, 0.25) is 0 Å². The minimum Gasteiger partial charge on any atom is -0.306 e. The van der Waals surface area contributed by atoms with E-state index < -0.39 is 0 Å². The van der Waals surface area contributed by atoms with Crippen LogP contribution in [0.3, 0.4) is 0 Å². The van der Waals surface area contributed by atoms with Crippen molar-refractivity contribution in [3.63, 3.8) is 0 Å². The van der Waals surface area contributed by atoms with Crippen molar-refractivity contribution in [3.05, 3.63) is 48.0 Å². The molecule has 0 amide bonds. The predicted octanol–water partition coefficient (Wildman–Crippen LogP) is 4.54. The molecule has 2 aromatic rings. The van der Waals surface area contributed by atoms with Gasteiger partial charge in [0.05, 0.1) is 12.0 Å². The summed E-state index contributed by atoms with van der Waals surface area (Å²) in [6, 6.07) is 6.54. The van der Waals surface area contributed by atoms with Crippen LogP contribution in [-0.2, 0) is 0 Å². The second kappa shape index (κ2) is 6.05. The molecule has 3 heteroatoms. The molecule has 18 heavy (non-hydrogen) atoms. The zero-order chi connectivity index (χ0) is 12.4. The van der Waals surface area contributed by atoms with Gasteiger partial charge in [0.25, 0.3) is 0 Å². The van der Waals surface area contributed by atoms with Crippen molar-refractivity contribution in [2.24, 2.45) is 0 Å². The van der Waals surface area contributed by atoms with Gasteiger partial charge in [-0.15, -0.1) is 12.4 Å². The van der Waals surface area contributed by atoms with Gasteiger partial charge in [0.15, 0.2) is 0 Å². The van der Waals surface area contributed by atoms with Crippen LogP contribution in [0.5, 0.6) is 0 Å². The molecule has 0 unspecified atom stereocenters. The van der Waals surface area contributed by atoms with Crippen molar-refractivity contribution in [1.29, 1.82) is 0 Å². The van der Waals surface area contributed by atoms with Crippen molar-refractivity contribution >= 4 is 12.4 Å². The lowest BCUT2D eigenvalue weighted by atomic mass is 9.89. The number of rotatable bonds is 3. The molecule has 0 atom stereocenters. The van der Waals surface area contributed by atoms with E-state index >= 15 is 0 Å². The van der Waals surface area contributed by atoms with E-state index in [2.05, 4.69) is 55.4 Å². The third-order valence-electron chi connectivity index (χ3n) is 3.10. The van der Waals surface area contributed by atoms with E-state index in [1.165, 1.54) is 16.8 Å². The molecule has 2 rings (SSSR count). The topological polar surface area (TPSA) is 17.8 Å². The van der Waals surface area contributed by atoms with E-state index in [-0.39, 0.29) is 12.4 Å². The van der Waals surface area contributed by atoms with Crippen molar-refractivity contribution in [3.8, 4) is 5.69 Å². The smallest absolute Gasteiger partial charge is 0.0991 e. The van der Waals surface area contributed by atoms with Crippen LogP contribution in [-0.4, -0.2) is 9.55 Å². The van der Waals surface area contributed by atoms with Crippen molar-refractivity contribution in [2.75, 3.05) is 0 Å². The number of hydrogen-bond donors (Lipinski definition) is 0. The molecule has 0 aliphatic heterocycles. The number of aromatic nitrogens is 2. The highest BCUT2D eigenvalue weighted by atomic mass is 35.5. The molecule has 0 N–H and O–H groups in total. The standard InChI is InChI=1S/C15H20N2.ClH/c1-11(2)13-6-5-7-14(15(13)12(3)4)17-9-8-16-10-17;/h5-12H,1-4H3;1H. The van der Waals surface area contributed by atoms with Gasteiger partial charge in [0, 0.05) is 12.4 Å². The third kappa shape index (κ3) is 2.75. The molecule has 1 heterocycles. The van der Waals surface area contributed by atoms with Crippen molar-refractivity contribution < 1.29 is 0 Å². The van der Waals surface area contributed by atoms with Crippen LogP contribution in [0.15, 0.2) is 36.9 Å². The Bertz CT molecular complexity index is 487. The SMILES string of the molecule is CC(C)c1cccc(-n2ccnc2)c1C(C)C.Cl. The molecule has 0 fully saturated rings. The summed E-state index contributed by atoms with van der Waals surface area (Å²) in [5.74, 6) is 1.07. The molecule has 2 nitrogen and oxygen atoms in total. The van der Waals surface area contributed by atoms with E-state index in [1.54, 1.807) is 0 Å². The molecule has 98 valence electrons. The first-order valence-corrected chi connectivity index (χ1v) is 6.22. The Morgan fingerprint density at radius 3 is 2.28 bits per heavy atom. The number of nitrogens with zero attached hydrogens (tertiary/aromatic N) is 2. The molecule has 0 saturated heterocycles.